The van der Waals surface area contributed by atoms with Gasteiger partial charge < -0.3 is 4.57 Å². The smallest absolute Gasteiger partial charge is 0.329 e. The first-order valence-electron chi connectivity index (χ1n) is 4.39. The Morgan fingerprint density at radius 3 is 2.56 bits per heavy atom. The molecule has 0 saturated carbocycles. The summed E-state index contributed by atoms with van der Waals surface area (Å²) in [7, 11) is 1.68. The Balaban J connectivity index is 2.64. The summed E-state index contributed by atoms with van der Waals surface area (Å²) in [5, 5.41) is 0. The molecule has 0 spiro atoms. The first-order chi connectivity index (χ1) is 7.43. The minimum atomic E-state index is -4.45. The van der Waals surface area contributed by atoms with Gasteiger partial charge in [-0.1, -0.05) is 0 Å². The second-order valence-corrected chi connectivity index (χ2v) is 3.52. The van der Waals surface area contributed by atoms with E-state index in [1.54, 1.807) is 11.6 Å². The van der Waals surface area contributed by atoms with Crippen molar-refractivity contribution in [1.82, 2.24) is 14.5 Å². The predicted octanol–water partition coefficient (Wildman–Crippen LogP) is 2.73. The van der Waals surface area contributed by atoms with Crippen LogP contribution in [0.15, 0.2) is 12.1 Å². The number of pyridine rings is 1. The highest BCUT2D eigenvalue weighted by molar-refractivity contribution is 6.16. The number of nitrogens with zero attached hydrogens (tertiary/aromatic N) is 3. The molecule has 0 aliphatic heterocycles. The highest BCUT2D eigenvalue weighted by Gasteiger charge is 2.32. The first-order valence-corrected chi connectivity index (χ1v) is 4.92. The van der Waals surface area contributed by atoms with Gasteiger partial charge in [0.1, 0.15) is 11.5 Å². The fourth-order valence-corrected chi connectivity index (χ4v) is 1.64. The van der Waals surface area contributed by atoms with Crippen LogP contribution in [0.4, 0.5) is 13.2 Å². The van der Waals surface area contributed by atoms with Gasteiger partial charge in [0.15, 0.2) is 5.65 Å². The van der Waals surface area contributed by atoms with Gasteiger partial charge in [0.05, 0.1) is 11.4 Å². The Labute approximate surface area is 93.9 Å². The van der Waals surface area contributed by atoms with Crippen LogP contribution in [0.2, 0.25) is 0 Å². The zero-order valence-corrected chi connectivity index (χ0v) is 8.97. The highest BCUT2D eigenvalue weighted by Crippen LogP contribution is 2.28. The molecule has 0 fully saturated rings. The van der Waals surface area contributed by atoms with Crippen molar-refractivity contribution in [2.45, 2.75) is 12.1 Å². The molecule has 2 heterocycles. The van der Waals surface area contributed by atoms with Gasteiger partial charge >= 0.3 is 6.18 Å². The Kier molecular flexibility index (Phi) is 2.53. The average Bonchev–Trinajstić information content (AvgIpc) is 2.54. The first kappa shape index (κ1) is 11.2. The maximum Gasteiger partial charge on any atom is 0.433 e. The van der Waals surface area contributed by atoms with Crippen LogP contribution in [0.25, 0.3) is 11.2 Å². The second kappa shape index (κ2) is 3.62. The molecule has 16 heavy (non-hydrogen) atoms. The van der Waals surface area contributed by atoms with E-state index in [9.17, 15) is 13.2 Å². The summed E-state index contributed by atoms with van der Waals surface area (Å²) in [6.07, 6.45) is -4.45. The number of rotatable bonds is 1. The van der Waals surface area contributed by atoms with Crippen molar-refractivity contribution in [1.29, 1.82) is 0 Å². The monoisotopic (exact) mass is 249 g/mol. The summed E-state index contributed by atoms with van der Waals surface area (Å²) in [4.78, 5) is 7.39. The Morgan fingerprint density at radius 2 is 2.00 bits per heavy atom. The molecule has 0 N–H and O–H groups in total. The van der Waals surface area contributed by atoms with E-state index in [1.807, 2.05) is 0 Å². The van der Waals surface area contributed by atoms with Crippen molar-refractivity contribution < 1.29 is 13.2 Å². The maximum atomic E-state index is 12.4. The summed E-state index contributed by atoms with van der Waals surface area (Å²) in [5.41, 5.74) is -0.351. The van der Waals surface area contributed by atoms with Crippen molar-refractivity contribution >= 4 is 22.8 Å². The van der Waals surface area contributed by atoms with Gasteiger partial charge in [-0.25, -0.2) is 9.97 Å². The minimum absolute atomic E-state index is 0.0629. The molecule has 0 radical (unpaired) electrons. The largest absolute Gasteiger partial charge is 0.433 e. The van der Waals surface area contributed by atoms with Crippen LogP contribution < -0.4 is 0 Å². The van der Waals surface area contributed by atoms with E-state index >= 15 is 0 Å². The van der Waals surface area contributed by atoms with Crippen molar-refractivity contribution in [3.8, 4) is 0 Å². The Bertz CT molecular complexity index is 533. The number of aryl methyl sites for hydroxylation is 1. The van der Waals surface area contributed by atoms with E-state index in [4.69, 9.17) is 11.6 Å². The summed E-state index contributed by atoms with van der Waals surface area (Å²) in [6.45, 7) is 0. The van der Waals surface area contributed by atoms with Crippen LogP contribution in [0, 0.1) is 0 Å². The summed E-state index contributed by atoms with van der Waals surface area (Å²) >= 11 is 5.60. The van der Waals surface area contributed by atoms with Gasteiger partial charge in [-0.2, -0.15) is 13.2 Å². The summed E-state index contributed by atoms with van der Waals surface area (Å²) in [5.74, 6) is 0.622. The molecule has 2 aromatic heterocycles. The third-order valence-corrected chi connectivity index (χ3v) is 2.49. The lowest BCUT2D eigenvalue weighted by Gasteiger charge is -2.04. The fourth-order valence-electron chi connectivity index (χ4n) is 1.40. The Morgan fingerprint density at radius 1 is 1.31 bits per heavy atom. The van der Waals surface area contributed by atoms with Crippen molar-refractivity contribution in [3.05, 3.63) is 23.7 Å². The zero-order chi connectivity index (χ0) is 11.9. The van der Waals surface area contributed by atoms with E-state index in [1.165, 1.54) is 6.07 Å². The van der Waals surface area contributed by atoms with Crippen LogP contribution in [0.5, 0.6) is 0 Å². The van der Waals surface area contributed by atoms with Crippen LogP contribution in [0.1, 0.15) is 11.5 Å². The lowest BCUT2D eigenvalue weighted by Crippen LogP contribution is -2.07. The molecule has 2 aromatic rings. The highest BCUT2D eigenvalue weighted by atomic mass is 35.5. The average molecular weight is 250 g/mol. The molecule has 0 aromatic carbocycles. The summed E-state index contributed by atoms with van der Waals surface area (Å²) in [6, 6.07) is 2.27. The number of alkyl halides is 4. The third kappa shape index (κ3) is 1.73. The molecule has 7 heteroatoms. The topological polar surface area (TPSA) is 30.7 Å². The fraction of sp³-hybridized carbons (Fsp3) is 0.333. The van der Waals surface area contributed by atoms with Gasteiger partial charge in [-0.05, 0) is 12.1 Å². The van der Waals surface area contributed by atoms with Crippen LogP contribution in [-0.4, -0.2) is 14.5 Å². The van der Waals surface area contributed by atoms with Gasteiger partial charge in [-0.15, -0.1) is 11.6 Å². The van der Waals surface area contributed by atoms with E-state index < -0.39 is 11.9 Å². The zero-order valence-electron chi connectivity index (χ0n) is 8.22. The van der Waals surface area contributed by atoms with Crippen LogP contribution >= 0.6 is 11.6 Å². The van der Waals surface area contributed by atoms with Crippen LogP contribution in [0.3, 0.4) is 0 Å². The number of fused-ring (bicyclic) bond motifs is 1. The molecular formula is C9H7ClF3N3. The lowest BCUT2D eigenvalue weighted by molar-refractivity contribution is -0.141. The number of hydrogen-bond acceptors (Lipinski definition) is 2. The molecule has 0 unspecified atom stereocenters. The third-order valence-electron chi connectivity index (χ3n) is 2.25. The predicted molar refractivity (Wildman–Crippen MR) is 53.1 cm³/mol. The molecule has 0 aliphatic rings. The van der Waals surface area contributed by atoms with E-state index in [0.29, 0.717) is 11.3 Å². The van der Waals surface area contributed by atoms with Gasteiger partial charge in [0, 0.05) is 7.05 Å². The molecule has 86 valence electrons. The second-order valence-electron chi connectivity index (χ2n) is 3.26. The SMILES string of the molecule is Cn1c(CCl)nc2nc(C(F)(F)F)ccc21. The lowest BCUT2D eigenvalue weighted by atomic mass is 10.3. The number of aromatic nitrogens is 3. The van der Waals surface area contributed by atoms with Gasteiger partial charge in [0.2, 0.25) is 0 Å². The molecular weight excluding hydrogens is 243 g/mol. The molecule has 0 saturated heterocycles. The molecule has 0 atom stereocenters. The standard InChI is InChI=1S/C9H7ClF3N3/c1-16-5-2-3-6(9(11,12)13)14-8(5)15-7(16)4-10/h2-3H,4H2,1H3. The summed E-state index contributed by atoms with van der Waals surface area (Å²) < 4.78 is 38.8. The van der Waals surface area contributed by atoms with Crippen LogP contribution in [-0.2, 0) is 19.1 Å². The molecule has 0 bridgehead atoms. The molecule has 3 nitrogen and oxygen atoms in total. The quantitative estimate of drug-likeness (QED) is 0.728. The Hall–Kier alpha value is -1.30. The van der Waals surface area contributed by atoms with Gasteiger partial charge in [0.25, 0.3) is 0 Å². The number of imidazole rings is 1. The van der Waals surface area contributed by atoms with Crippen molar-refractivity contribution in [3.63, 3.8) is 0 Å². The maximum absolute atomic E-state index is 12.4. The van der Waals surface area contributed by atoms with Crippen molar-refractivity contribution in [2.24, 2.45) is 7.05 Å². The van der Waals surface area contributed by atoms with E-state index in [-0.39, 0.29) is 11.5 Å². The van der Waals surface area contributed by atoms with Crippen molar-refractivity contribution in [2.75, 3.05) is 0 Å². The van der Waals surface area contributed by atoms with E-state index in [0.717, 1.165) is 6.07 Å². The number of halogens is 4. The molecule has 0 aliphatic carbocycles. The minimum Gasteiger partial charge on any atom is -0.329 e. The number of hydrogen-bond donors (Lipinski definition) is 0. The normalized spacial score (nSPS) is 12.3. The van der Waals surface area contributed by atoms with E-state index in [2.05, 4.69) is 9.97 Å². The molecule has 0 amide bonds. The molecule has 2 rings (SSSR count). The van der Waals surface area contributed by atoms with Gasteiger partial charge in [-0.3, -0.25) is 0 Å².